The number of ether oxygens (including phenoxy) is 1. The van der Waals surface area contributed by atoms with Crippen LogP contribution in [0.25, 0.3) is 0 Å². The molecule has 0 radical (unpaired) electrons. The van der Waals surface area contributed by atoms with Crippen molar-refractivity contribution in [2.75, 3.05) is 51.8 Å². The van der Waals surface area contributed by atoms with E-state index in [2.05, 4.69) is 25.5 Å². The zero-order valence-electron chi connectivity index (χ0n) is 11.6. The third-order valence-electron chi connectivity index (χ3n) is 3.19. The minimum Gasteiger partial charge on any atom is -0.379 e. The van der Waals surface area contributed by atoms with E-state index < -0.39 is 0 Å². The minimum absolute atomic E-state index is 0.663. The maximum absolute atomic E-state index is 5.33. The highest BCUT2D eigenvalue weighted by Gasteiger charge is 2.08. The molecule has 1 aliphatic heterocycles. The van der Waals surface area contributed by atoms with Gasteiger partial charge in [0.15, 0.2) is 0 Å². The summed E-state index contributed by atoms with van der Waals surface area (Å²) >= 11 is 0. The fourth-order valence-corrected chi connectivity index (χ4v) is 2.06. The molecule has 106 valence electrons. The van der Waals surface area contributed by atoms with Crippen molar-refractivity contribution in [2.24, 2.45) is 0 Å². The third kappa shape index (κ3) is 5.10. The van der Waals surface area contributed by atoms with Crippen LogP contribution in [-0.2, 0) is 11.3 Å². The van der Waals surface area contributed by atoms with E-state index in [-0.39, 0.29) is 0 Å². The maximum atomic E-state index is 5.33. The summed E-state index contributed by atoms with van der Waals surface area (Å²) in [5, 5.41) is 6.33. The number of nitrogens with zero attached hydrogens (tertiary/aromatic N) is 3. The average Bonchev–Trinajstić information content (AvgIpc) is 2.49. The van der Waals surface area contributed by atoms with Gasteiger partial charge in [-0.3, -0.25) is 4.90 Å². The van der Waals surface area contributed by atoms with Crippen LogP contribution in [-0.4, -0.2) is 61.3 Å². The monoisotopic (exact) mass is 265 g/mol. The van der Waals surface area contributed by atoms with Crippen LogP contribution in [0.4, 0.5) is 5.95 Å². The lowest BCUT2D eigenvalue weighted by atomic mass is 10.3. The van der Waals surface area contributed by atoms with Gasteiger partial charge in [-0.1, -0.05) is 0 Å². The van der Waals surface area contributed by atoms with Gasteiger partial charge in [0.25, 0.3) is 0 Å². The van der Waals surface area contributed by atoms with E-state index in [9.17, 15) is 0 Å². The number of hydrogen-bond donors (Lipinski definition) is 2. The Kier molecular flexibility index (Phi) is 6.00. The molecule has 0 aliphatic carbocycles. The second kappa shape index (κ2) is 8.04. The minimum atomic E-state index is 0.663. The molecule has 0 aromatic carbocycles. The first-order valence-electron chi connectivity index (χ1n) is 6.88. The van der Waals surface area contributed by atoms with E-state index in [4.69, 9.17) is 4.74 Å². The summed E-state index contributed by atoms with van der Waals surface area (Å²) in [5.74, 6) is 0.663. The highest BCUT2D eigenvalue weighted by atomic mass is 16.5. The summed E-state index contributed by atoms with van der Waals surface area (Å²) in [6.07, 6.45) is 4.87. The van der Waals surface area contributed by atoms with Crippen LogP contribution in [0.1, 0.15) is 12.0 Å². The molecule has 1 fully saturated rings. The van der Waals surface area contributed by atoms with Gasteiger partial charge in [0.05, 0.1) is 13.2 Å². The molecule has 2 rings (SSSR count). The highest BCUT2D eigenvalue weighted by molar-refractivity contribution is 5.22. The molecule has 2 N–H and O–H groups in total. The van der Waals surface area contributed by atoms with E-state index in [1.807, 2.05) is 19.4 Å². The van der Waals surface area contributed by atoms with Crippen LogP contribution in [0.5, 0.6) is 0 Å². The number of hydrogen-bond acceptors (Lipinski definition) is 6. The maximum Gasteiger partial charge on any atom is 0.222 e. The Bertz CT molecular complexity index is 351. The van der Waals surface area contributed by atoms with Gasteiger partial charge in [-0.25, -0.2) is 9.97 Å². The predicted molar refractivity (Wildman–Crippen MR) is 75.2 cm³/mol. The van der Waals surface area contributed by atoms with Gasteiger partial charge >= 0.3 is 0 Å². The first-order valence-corrected chi connectivity index (χ1v) is 6.88. The lowest BCUT2D eigenvalue weighted by Crippen LogP contribution is -2.37. The Morgan fingerprint density at radius 2 is 2.00 bits per heavy atom. The van der Waals surface area contributed by atoms with Crippen molar-refractivity contribution in [3.63, 3.8) is 0 Å². The van der Waals surface area contributed by atoms with Gasteiger partial charge in [-0.05, 0) is 19.5 Å². The fourth-order valence-electron chi connectivity index (χ4n) is 2.06. The summed E-state index contributed by atoms with van der Waals surface area (Å²) in [6.45, 7) is 6.88. The normalized spacial score (nSPS) is 16.5. The van der Waals surface area contributed by atoms with Gasteiger partial charge in [-0.15, -0.1) is 0 Å². The van der Waals surface area contributed by atoms with E-state index >= 15 is 0 Å². The largest absolute Gasteiger partial charge is 0.379 e. The second-order valence-electron chi connectivity index (χ2n) is 4.65. The lowest BCUT2D eigenvalue weighted by Gasteiger charge is -2.26. The van der Waals surface area contributed by atoms with Gasteiger partial charge < -0.3 is 15.4 Å². The van der Waals surface area contributed by atoms with E-state index in [1.54, 1.807) is 0 Å². The Balaban J connectivity index is 1.55. The van der Waals surface area contributed by atoms with Crippen LogP contribution in [0.2, 0.25) is 0 Å². The Hall–Kier alpha value is -1.24. The molecule has 0 saturated carbocycles. The van der Waals surface area contributed by atoms with Crippen LogP contribution in [0.3, 0.4) is 0 Å². The number of anilines is 1. The zero-order valence-corrected chi connectivity index (χ0v) is 11.6. The average molecular weight is 265 g/mol. The quantitative estimate of drug-likeness (QED) is 0.693. The van der Waals surface area contributed by atoms with E-state index in [1.165, 1.54) is 0 Å². The number of rotatable bonds is 7. The van der Waals surface area contributed by atoms with E-state index in [0.717, 1.165) is 57.9 Å². The topological polar surface area (TPSA) is 62.3 Å². The summed E-state index contributed by atoms with van der Waals surface area (Å²) in [7, 11) is 1.82. The van der Waals surface area contributed by atoms with Crippen molar-refractivity contribution in [3.05, 3.63) is 18.0 Å². The fraction of sp³-hybridized carbons (Fsp3) is 0.692. The van der Waals surface area contributed by atoms with Crippen molar-refractivity contribution in [1.29, 1.82) is 0 Å². The first kappa shape index (κ1) is 14.2. The second-order valence-corrected chi connectivity index (χ2v) is 4.65. The SMILES string of the molecule is CNc1ncc(CNCCCN2CCOCC2)cn1. The molecule has 1 saturated heterocycles. The zero-order chi connectivity index (χ0) is 13.3. The molecule has 1 aromatic heterocycles. The molecule has 6 nitrogen and oxygen atoms in total. The summed E-state index contributed by atoms with van der Waals surface area (Å²) in [5.41, 5.74) is 1.12. The Morgan fingerprint density at radius 3 is 2.68 bits per heavy atom. The van der Waals surface area contributed by atoms with Crippen LogP contribution in [0, 0.1) is 0 Å². The number of nitrogens with one attached hydrogen (secondary N) is 2. The van der Waals surface area contributed by atoms with Gasteiger partial charge in [0.2, 0.25) is 5.95 Å². The highest BCUT2D eigenvalue weighted by Crippen LogP contribution is 2.00. The summed E-state index contributed by atoms with van der Waals surface area (Å²) in [6, 6.07) is 0. The molecule has 1 aliphatic rings. The number of aromatic nitrogens is 2. The van der Waals surface area contributed by atoms with Gasteiger partial charge in [0, 0.05) is 44.6 Å². The van der Waals surface area contributed by atoms with Crippen molar-refractivity contribution < 1.29 is 4.74 Å². The molecule has 0 spiro atoms. The van der Waals surface area contributed by atoms with Crippen molar-refractivity contribution in [2.45, 2.75) is 13.0 Å². The first-order chi connectivity index (χ1) is 9.38. The summed E-state index contributed by atoms with van der Waals surface area (Å²) < 4.78 is 5.33. The van der Waals surface area contributed by atoms with Crippen LogP contribution in [0.15, 0.2) is 12.4 Å². The van der Waals surface area contributed by atoms with Crippen LogP contribution >= 0.6 is 0 Å². The molecule has 0 atom stereocenters. The van der Waals surface area contributed by atoms with Crippen molar-refractivity contribution >= 4 is 5.95 Å². The standard InChI is InChI=1S/C13H23N5O/c1-14-13-16-10-12(11-17-13)9-15-3-2-4-18-5-7-19-8-6-18/h10-11,15H,2-9H2,1H3,(H,14,16,17). The molecular weight excluding hydrogens is 242 g/mol. The molecule has 6 heteroatoms. The van der Waals surface area contributed by atoms with Gasteiger partial charge in [0.1, 0.15) is 0 Å². The Labute approximate surface area is 114 Å². The predicted octanol–water partition coefficient (Wildman–Crippen LogP) is 0.330. The number of morpholine rings is 1. The van der Waals surface area contributed by atoms with E-state index in [0.29, 0.717) is 5.95 Å². The Morgan fingerprint density at radius 1 is 1.26 bits per heavy atom. The van der Waals surface area contributed by atoms with Crippen LogP contribution < -0.4 is 10.6 Å². The van der Waals surface area contributed by atoms with Crippen molar-refractivity contribution in [3.8, 4) is 0 Å². The molecule has 1 aromatic rings. The smallest absolute Gasteiger partial charge is 0.222 e. The lowest BCUT2D eigenvalue weighted by molar-refractivity contribution is 0.0374. The molecule has 19 heavy (non-hydrogen) atoms. The molecule has 2 heterocycles. The summed E-state index contributed by atoms with van der Waals surface area (Å²) in [4.78, 5) is 10.8. The molecule has 0 bridgehead atoms. The molecule has 0 amide bonds. The van der Waals surface area contributed by atoms with Crippen molar-refractivity contribution in [1.82, 2.24) is 20.2 Å². The molecule has 0 unspecified atom stereocenters. The molecular formula is C13H23N5O. The van der Waals surface area contributed by atoms with Gasteiger partial charge in [-0.2, -0.15) is 0 Å². The third-order valence-corrected chi connectivity index (χ3v) is 3.19.